The van der Waals surface area contributed by atoms with Crippen molar-refractivity contribution in [2.24, 2.45) is 0 Å². The molecule has 132 valence electrons. The molecule has 1 aromatic carbocycles. The molecule has 0 saturated carbocycles. The van der Waals surface area contributed by atoms with Gasteiger partial charge in [0.15, 0.2) is 0 Å². The first-order valence-corrected chi connectivity index (χ1v) is 12.2. The zero-order valence-electron chi connectivity index (χ0n) is 16.3. The van der Waals surface area contributed by atoms with Crippen LogP contribution in [0.2, 0.25) is 12.1 Å². The second-order valence-corrected chi connectivity index (χ2v) is 13.7. The average Bonchev–Trinajstić information content (AvgIpc) is 3.12. The Hall–Kier alpha value is -1.06. The molecule has 2 nitrogen and oxygen atoms in total. The third-order valence-electron chi connectivity index (χ3n) is 5.83. The summed E-state index contributed by atoms with van der Waals surface area (Å²) in [5.41, 5.74) is 5.94. The van der Waals surface area contributed by atoms with Gasteiger partial charge in [0.05, 0.1) is 0 Å². The zero-order valence-corrected chi connectivity index (χ0v) is 17.3. The van der Waals surface area contributed by atoms with Gasteiger partial charge in [-0.05, 0) is 44.7 Å². The molecule has 2 atom stereocenters. The van der Waals surface area contributed by atoms with Crippen LogP contribution in [0.1, 0.15) is 64.1 Å². The lowest BCUT2D eigenvalue weighted by Gasteiger charge is -2.43. The number of hydrogen-bond acceptors (Lipinski definition) is 2. The second kappa shape index (κ2) is 6.34. The highest BCUT2D eigenvalue weighted by atomic mass is 28.3. The van der Waals surface area contributed by atoms with Gasteiger partial charge in [-0.15, -0.1) is 0 Å². The molecule has 2 unspecified atom stereocenters. The van der Waals surface area contributed by atoms with Crippen molar-refractivity contribution in [1.29, 1.82) is 0 Å². The van der Waals surface area contributed by atoms with E-state index in [0.29, 0.717) is 11.1 Å². The Morgan fingerprint density at radius 2 is 1.75 bits per heavy atom. The molecule has 1 fully saturated rings. The molecule has 1 saturated heterocycles. The molecule has 1 heterocycles. The Kier molecular flexibility index (Phi) is 4.69. The highest BCUT2D eigenvalue weighted by Gasteiger charge is 2.45. The minimum absolute atomic E-state index is 0.157. The van der Waals surface area contributed by atoms with Gasteiger partial charge in [0.25, 0.3) is 0 Å². The van der Waals surface area contributed by atoms with E-state index in [2.05, 4.69) is 81.4 Å². The van der Waals surface area contributed by atoms with Crippen molar-refractivity contribution in [2.75, 3.05) is 13.1 Å². The number of nitrogens with one attached hydrogen (secondary N) is 1. The van der Waals surface area contributed by atoms with E-state index in [9.17, 15) is 0 Å². The Morgan fingerprint density at radius 1 is 1.12 bits per heavy atom. The zero-order chi connectivity index (χ0) is 17.5. The Bertz CT molecular complexity index is 623. The molecule has 2 aliphatic rings. The van der Waals surface area contributed by atoms with Crippen LogP contribution in [-0.2, 0) is 0 Å². The van der Waals surface area contributed by atoms with E-state index in [1.807, 2.05) is 0 Å². The van der Waals surface area contributed by atoms with Crippen molar-refractivity contribution < 1.29 is 0 Å². The first-order valence-electron chi connectivity index (χ1n) is 9.58. The van der Waals surface area contributed by atoms with Crippen LogP contribution >= 0.6 is 0 Å². The van der Waals surface area contributed by atoms with Crippen LogP contribution in [0.25, 0.3) is 5.70 Å². The van der Waals surface area contributed by atoms with Crippen LogP contribution in [0.3, 0.4) is 0 Å². The molecule has 1 aliphatic carbocycles. The van der Waals surface area contributed by atoms with Gasteiger partial charge in [-0.1, -0.05) is 50.7 Å². The van der Waals surface area contributed by atoms with Crippen LogP contribution in [0.4, 0.5) is 0 Å². The van der Waals surface area contributed by atoms with Crippen molar-refractivity contribution in [3.05, 3.63) is 41.5 Å². The highest BCUT2D eigenvalue weighted by molar-refractivity contribution is 6.79. The molecule has 0 amide bonds. The van der Waals surface area contributed by atoms with Crippen LogP contribution in [-0.4, -0.2) is 31.8 Å². The standard InChI is InChI=1S/C21H34N2Si/c1-16(2)24(6,22-21(3,4)5)20-15-19(23-13-9-10-14-23)17-11-7-8-12-18(17)20/h7-8,11-12,15-16,20,22H,9-10,13-14H2,1-6H3. The number of allylic oxidation sites excluding steroid dienone is 1. The van der Waals surface area contributed by atoms with E-state index >= 15 is 0 Å². The van der Waals surface area contributed by atoms with Gasteiger partial charge in [-0.2, -0.15) is 0 Å². The summed E-state index contributed by atoms with van der Waals surface area (Å²) in [4.78, 5) is 6.72. The summed E-state index contributed by atoms with van der Waals surface area (Å²) in [6.07, 6.45) is 5.29. The largest absolute Gasteiger partial charge is 0.371 e. The fourth-order valence-electron chi connectivity index (χ4n) is 4.46. The summed E-state index contributed by atoms with van der Waals surface area (Å²) in [5, 5.41) is 0. The molecule has 1 aromatic rings. The molecule has 24 heavy (non-hydrogen) atoms. The summed E-state index contributed by atoms with van der Waals surface area (Å²) in [6, 6.07) is 9.14. The van der Waals surface area contributed by atoms with Crippen molar-refractivity contribution >= 4 is 13.9 Å². The minimum Gasteiger partial charge on any atom is -0.371 e. The normalized spacial score (nSPS) is 23.4. The number of likely N-dealkylation sites (tertiary alicyclic amines) is 1. The van der Waals surface area contributed by atoms with E-state index in [1.165, 1.54) is 37.2 Å². The monoisotopic (exact) mass is 342 g/mol. The maximum atomic E-state index is 4.10. The molecule has 0 aromatic heterocycles. The summed E-state index contributed by atoms with van der Waals surface area (Å²) in [6.45, 7) is 16.8. The first kappa shape index (κ1) is 17.8. The van der Waals surface area contributed by atoms with Crippen molar-refractivity contribution in [1.82, 2.24) is 9.88 Å². The molecule has 1 N–H and O–H groups in total. The molecule has 0 bridgehead atoms. The topological polar surface area (TPSA) is 15.3 Å². The third-order valence-corrected chi connectivity index (χ3v) is 11.3. The third kappa shape index (κ3) is 3.21. The predicted molar refractivity (Wildman–Crippen MR) is 108 cm³/mol. The van der Waals surface area contributed by atoms with Gasteiger partial charge in [-0.3, -0.25) is 0 Å². The average molecular weight is 343 g/mol. The maximum absolute atomic E-state index is 4.10. The summed E-state index contributed by atoms with van der Waals surface area (Å²) in [5.74, 6) is 0. The van der Waals surface area contributed by atoms with Crippen molar-refractivity contribution in [2.45, 2.75) is 70.6 Å². The quantitative estimate of drug-likeness (QED) is 0.763. The summed E-state index contributed by atoms with van der Waals surface area (Å²) in [7, 11) is -1.73. The van der Waals surface area contributed by atoms with Crippen LogP contribution in [0, 0.1) is 0 Å². The van der Waals surface area contributed by atoms with E-state index in [0.717, 1.165) is 0 Å². The second-order valence-electron chi connectivity index (χ2n) is 9.12. The smallest absolute Gasteiger partial charge is 0.137 e. The van der Waals surface area contributed by atoms with E-state index in [4.69, 9.17) is 0 Å². The van der Waals surface area contributed by atoms with Gasteiger partial charge < -0.3 is 9.88 Å². The van der Waals surface area contributed by atoms with Gasteiger partial charge in [-0.25, -0.2) is 0 Å². The van der Waals surface area contributed by atoms with Crippen LogP contribution in [0.15, 0.2) is 30.3 Å². The van der Waals surface area contributed by atoms with Crippen molar-refractivity contribution in [3.63, 3.8) is 0 Å². The Balaban J connectivity index is 2.05. The number of hydrogen-bond donors (Lipinski definition) is 1. The van der Waals surface area contributed by atoms with E-state index < -0.39 is 8.24 Å². The lowest BCUT2D eigenvalue weighted by molar-refractivity contribution is 0.493. The van der Waals surface area contributed by atoms with Gasteiger partial charge in [0.2, 0.25) is 0 Å². The fourth-order valence-corrected chi connectivity index (χ4v) is 8.64. The molecular weight excluding hydrogens is 308 g/mol. The maximum Gasteiger partial charge on any atom is 0.137 e. The molecule has 3 rings (SSSR count). The Morgan fingerprint density at radius 3 is 2.33 bits per heavy atom. The SMILES string of the molecule is CC(C)[Si](C)(NC(C)(C)C)C1C=C(N2CCCC2)c2ccccc21. The lowest BCUT2D eigenvalue weighted by atomic mass is 10.1. The molecule has 0 radical (unpaired) electrons. The first-order chi connectivity index (χ1) is 11.2. The summed E-state index contributed by atoms with van der Waals surface area (Å²) >= 11 is 0. The van der Waals surface area contributed by atoms with Crippen LogP contribution in [0.5, 0.6) is 0 Å². The summed E-state index contributed by atoms with van der Waals surface area (Å²) < 4.78 is 0. The van der Waals surface area contributed by atoms with Gasteiger partial charge >= 0.3 is 0 Å². The Labute approximate surface area is 149 Å². The predicted octanol–water partition coefficient (Wildman–Crippen LogP) is 5.13. The van der Waals surface area contributed by atoms with Crippen molar-refractivity contribution in [3.8, 4) is 0 Å². The van der Waals surface area contributed by atoms with Gasteiger partial charge in [0, 0.05) is 35.4 Å². The van der Waals surface area contributed by atoms with Crippen LogP contribution < -0.4 is 4.98 Å². The number of rotatable bonds is 4. The van der Waals surface area contributed by atoms with E-state index in [1.54, 1.807) is 5.56 Å². The number of nitrogens with zero attached hydrogens (tertiary/aromatic N) is 1. The molecule has 3 heteroatoms. The number of benzene rings is 1. The lowest BCUT2D eigenvalue weighted by Crippen LogP contribution is -2.61. The van der Waals surface area contributed by atoms with E-state index in [-0.39, 0.29) is 5.54 Å². The number of fused-ring (bicyclic) bond motifs is 1. The van der Waals surface area contributed by atoms with Gasteiger partial charge in [0.1, 0.15) is 8.24 Å². The molecule has 1 aliphatic heterocycles. The molecular formula is C21H34N2Si. The fraction of sp³-hybridized carbons (Fsp3) is 0.619. The highest BCUT2D eigenvalue weighted by Crippen LogP contribution is 2.46. The minimum atomic E-state index is -1.73. The molecule has 0 spiro atoms.